The molecule has 0 spiro atoms. The highest BCUT2D eigenvalue weighted by molar-refractivity contribution is 6.05. The second-order valence-electron chi connectivity index (χ2n) is 6.06. The highest BCUT2D eigenvalue weighted by Crippen LogP contribution is 2.29. The van der Waals surface area contributed by atoms with E-state index in [0.29, 0.717) is 34.5 Å². The third kappa shape index (κ3) is 5.38. The van der Waals surface area contributed by atoms with Crippen molar-refractivity contribution in [3.05, 3.63) is 42.1 Å². The second-order valence-corrected chi connectivity index (χ2v) is 6.06. The van der Waals surface area contributed by atoms with Crippen LogP contribution in [0.4, 0.5) is 11.5 Å². The van der Waals surface area contributed by atoms with Crippen LogP contribution < -0.4 is 20.1 Å². The Labute approximate surface area is 148 Å². The molecule has 2 aromatic rings. The van der Waals surface area contributed by atoms with Gasteiger partial charge in [0.1, 0.15) is 17.3 Å². The largest absolute Gasteiger partial charge is 0.497 e. The van der Waals surface area contributed by atoms with Crippen LogP contribution in [0.25, 0.3) is 0 Å². The molecule has 134 valence electrons. The number of nitrogens with one attached hydrogen (secondary N) is 2. The van der Waals surface area contributed by atoms with Crippen LogP contribution in [0.5, 0.6) is 11.5 Å². The Kier molecular flexibility index (Phi) is 6.62. The first-order valence-electron chi connectivity index (χ1n) is 8.26. The topological polar surface area (TPSA) is 72.5 Å². The van der Waals surface area contributed by atoms with Gasteiger partial charge in [-0.3, -0.25) is 4.79 Å². The minimum atomic E-state index is -0.235. The number of benzene rings is 1. The van der Waals surface area contributed by atoms with Crippen LogP contribution in [0.3, 0.4) is 0 Å². The van der Waals surface area contributed by atoms with Crippen molar-refractivity contribution in [3.63, 3.8) is 0 Å². The number of ether oxygens (including phenoxy) is 2. The van der Waals surface area contributed by atoms with E-state index < -0.39 is 0 Å². The molecular weight excluding hydrogens is 318 g/mol. The molecule has 25 heavy (non-hydrogen) atoms. The fourth-order valence-corrected chi connectivity index (χ4v) is 2.26. The van der Waals surface area contributed by atoms with Gasteiger partial charge in [-0.2, -0.15) is 0 Å². The van der Waals surface area contributed by atoms with Gasteiger partial charge in [-0.05, 0) is 36.6 Å². The van der Waals surface area contributed by atoms with E-state index in [0.717, 1.165) is 13.0 Å². The number of methoxy groups -OCH3 is 2. The summed E-state index contributed by atoms with van der Waals surface area (Å²) in [5.74, 6) is 2.27. The van der Waals surface area contributed by atoms with Gasteiger partial charge in [0.15, 0.2) is 0 Å². The van der Waals surface area contributed by atoms with Crippen molar-refractivity contribution >= 4 is 17.4 Å². The summed E-state index contributed by atoms with van der Waals surface area (Å²) in [6.07, 6.45) is 2.66. The van der Waals surface area contributed by atoms with E-state index in [9.17, 15) is 4.79 Å². The SMILES string of the molecule is COc1ccc(OC)c(NC(=O)c2ccnc(NCCC(C)C)c2)c1. The fourth-order valence-electron chi connectivity index (χ4n) is 2.26. The van der Waals surface area contributed by atoms with Gasteiger partial charge < -0.3 is 20.1 Å². The summed E-state index contributed by atoms with van der Waals surface area (Å²) in [7, 11) is 3.13. The third-order valence-corrected chi connectivity index (χ3v) is 3.70. The molecule has 1 heterocycles. The zero-order valence-electron chi connectivity index (χ0n) is 15.1. The first-order valence-corrected chi connectivity index (χ1v) is 8.26. The average molecular weight is 343 g/mol. The number of aromatic nitrogens is 1. The van der Waals surface area contributed by atoms with E-state index >= 15 is 0 Å². The van der Waals surface area contributed by atoms with E-state index in [-0.39, 0.29) is 5.91 Å². The number of nitrogens with zero attached hydrogens (tertiary/aromatic N) is 1. The van der Waals surface area contributed by atoms with Crippen molar-refractivity contribution in [2.75, 3.05) is 31.4 Å². The molecule has 1 amide bonds. The number of carbonyl (C=O) groups is 1. The predicted octanol–water partition coefficient (Wildman–Crippen LogP) is 3.81. The van der Waals surface area contributed by atoms with Gasteiger partial charge in [0.2, 0.25) is 0 Å². The molecule has 2 N–H and O–H groups in total. The predicted molar refractivity (Wildman–Crippen MR) is 99.7 cm³/mol. The highest BCUT2D eigenvalue weighted by Gasteiger charge is 2.12. The number of pyridine rings is 1. The zero-order chi connectivity index (χ0) is 18.2. The Balaban J connectivity index is 2.10. The lowest BCUT2D eigenvalue weighted by Gasteiger charge is -2.12. The molecule has 0 bridgehead atoms. The summed E-state index contributed by atoms with van der Waals surface area (Å²) in [4.78, 5) is 16.8. The van der Waals surface area contributed by atoms with Gasteiger partial charge in [-0.1, -0.05) is 13.8 Å². The minimum absolute atomic E-state index is 0.235. The number of hydrogen-bond acceptors (Lipinski definition) is 5. The lowest BCUT2D eigenvalue weighted by molar-refractivity contribution is 0.102. The van der Waals surface area contributed by atoms with Crippen molar-refractivity contribution < 1.29 is 14.3 Å². The van der Waals surface area contributed by atoms with Crippen LogP contribution in [0.2, 0.25) is 0 Å². The maximum absolute atomic E-state index is 12.6. The molecule has 0 fully saturated rings. The maximum atomic E-state index is 12.6. The molecule has 0 saturated heterocycles. The Morgan fingerprint density at radius 3 is 2.64 bits per heavy atom. The van der Waals surface area contributed by atoms with Gasteiger partial charge in [-0.15, -0.1) is 0 Å². The highest BCUT2D eigenvalue weighted by atomic mass is 16.5. The lowest BCUT2D eigenvalue weighted by Crippen LogP contribution is -2.14. The Hall–Kier alpha value is -2.76. The number of amides is 1. The summed E-state index contributed by atoms with van der Waals surface area (Å²) in [5, 5.41) is 6.09. The van der Waals surface area contributed by atoms with E-state index in [1.54, 1.807) is 50.7 Å². The molecule has 1 aromatic heterocycles. The first-order chi connectivity index (χ1) is 12.0. The first kappa shape index (κ1) is 18.6. The van der Waals surface area contributed by atoms with Crippen molar-refractivity contribution in [1.82, 2.24) is 4.98 Å². The monoisotopic (exact) mass is 343 g/mol. The van der Waals surface area contributed by atoms with Gasteiger partial charge >= 0.3 is 0 Å². The molecule has 6 heteroatoms. The van der Waals surface area contributed by atoms with Crippen molar-refractivity contribution in [2.45, 2.75) is 20.3 Å². The lowest BCUT2D eigenvalue weighted by atomic mass is 10.1. The number of rotatable bonds is 8. The fraction of sp³-hybridized carbons (Fsp3) is 0.368. The molecule has 0 atom stereocenters. The second kappa shape index (κ2) is 8.92. The van der Waals surface area contributed by atoms with E-state index in [2.05, 4.69) is 29.5 Å². The van der Waals surface area contributed by atoms with Crippen LogP contribution in [0, 0.1) is 5.92 Å². The molecule has 0 radical (unpaired) electrons. The molecule has 0 saturated carbocycles. The smallest absolute Gasteiger partial charge is 0.255 e. The van der Waals surface area contributed by atoms with E-state index in [1.165, 1.54) is 0 Å². The van der Waals surface area contributed by atoms with Crippen LogP contribution in [-0.4, -0.2) is 31.7 Å². The summed E-state index contributed by atoms with van der Waals surface area (Å²) >= 11 is 0. The number of carbonyl (C=O) groups excluding carboxylic acids is 1. The Bertz CT molecular complexity index is 717. The minimum Gasteiger partial charge on any atom is -0.497 e. The Morgan fingerprint density at radius 1 is 1.16 bits per heavy atom. The summed E-state index contributed by atoms with van der Waals surface area (Å²) < 4.78 is 10.5. The summed E-state index contributed by atoms with van der Waals surface area (Å²) in [5.41, 5.74) is 1.07. The number of hydrogen-bond donors (Lipinski definition) is 2. The molecule has 0 aliphatic heterocycles. The molecule has 0 aliphatic rings. The van der Waals surface area contributed by atoms with Crippen LogP contribution in [0.1, 0.15) is 30.6 Å². The van der Waals surface area contributed by atoms with Gasteiger partial charge in [0.05, 0.1) is 19.9 Å². The molecule has 2 rings (SSSR count). The quantitative estimate of drug-likeness (QED) is 0.762. The van der Waals surface area contributed by atoms with E-state index in [1.807, 2.05) is 0 Å². The molecular formula is C19H25N3O3. The molecule has 0 unspecified atom stereocenters. The van der Waals surface area contributed by atoms with Crippen molar-refractivity contribution in [2.24, 2.45) is 5.92 Å². The molecule has 0 aliphatic carbocycles. The number of anilines is 2. The average Bonchev–Trinajstić information content (AvgIpc) is 2.61. The van der Waals surface area contributed by atoms with Gasteiger partial charge in [0, 0.05) is 24.4 Å². The van der Waals surface area contributed by atoms with Crippen LogP contribution in [-0.2, 0) is 0 Å². The summed E-state index contributed by atoms with van der Waals surface area (Å²) in [6.45, 7) is 5.15. The van der Waals surface area contributed by atoms with Gasteiger partial charge in [-0.25, -0.2) is 4.98 Å². The molecule has 1 aromatic carbocycles. The van der Waals surface area contributed by atoms with Crippen molar-refractivity contribution in [1.29, 1.82) is 0 Å². The van der Waals surface area contributed by atoms with Crippen LogP contribution >= 0.6 is 0 Å². The molecule has 6 nitrogen and oxygen atoms in total. The Morgan fingerprint density at radius 2 is 1.96 bits per heavy atom. The van der Waals surface area contributed by atoms with Crippen LogP contribution in [0.15, 0.2) is 36.5 Å². The zero-order valence-corrected chi connectivity index (χ0v) is 15.1. The summed E-state index contributed by atoms with van der Waals surface area (Å²) in [6, 6.07) is 8.66. The van der Waals surface area contributed by atoms with Crippen molar-refractivity contribution in [3.8, 4) is 11.5 Å². The standard InChI is InChI=1S/C19H25N3O3/c1-13(2)7-9-20-18-11-14(8-10-21-18)19(23)22-16-12-15(24-3)5-6-17(16)25-4/h5-6,8,10-13H,7,9H2,1-4H3,(H,20,21)(H,22,23). The normalized spacial score (nSPS) is 10.4. The third-order valence-electron chi connectivity index (χ3n) is 3.70. The van der Waals surface area contributed by atoms with Gasteiger partial charge in [0.25, 0.3) is 5.91 Å². The maximum Gasteiger partial charge on any atom is 0.255 e. The van der Waals surface area contributed by atoms with E-state index in [4.69, 9.17) is 9.47 Å².